The Morgan fingerprint density at radius 3 is 2.53 bits per heavy atom. The van der Waals surface area contributed by atoms with Gasteiger partial charge >= 0.3 is 0 Å². The lowest BCUT2D eigenvalue weighted by atomic mass is 9.77. The first kappa shape index (κ1) is 22.1. The summed E-state index contributed by atoms with van der Waals surface area (Å²) in [7, 11) is 3.21. The molecule has 3 rings (SSSR count). The van der Waals surface area contributed by atoms with Crippen molar-refractivity contribution < 1.29 is 23.4 Å². The first-order valence-corrected chi connectivity index (χ1v) is 10.4. The Labute approximate surface area is 177 Å². The minimum absolute atomic E-state index is 0.0579. The lowest BCUT2D eigenvalue weighted by Gasteiger charge is -2.30. The van der Waals surface area contributed by atoms with Gasteiger partial charge in [0.15, 0.2) is 11.5 Å². The number of hydrogen-bond acceptors (Lipinski definition) is 4. The fourth-order valence-corrected chi connectivity index (χ4v) is 4.14. The molecule has 1 unspecified atom stereocenters. The Kier molecular flexibility index (Phi) is 7.32. The van der Waals surface area contributed by atoms with E-state index in [1.54, 1.807) is 20.3 Å². The molecule has 0 spiro atoms. The third-order valence-electron chi connectivity index (χ3n) is 5.85. The average molecular weight is 416 g/mol. The monoisotopic (exact) mass is 415 g/mol. The molecule has 0 heterocycles. The molecular weight excluding hydrogens is 385 g/mol. The summed E-state index contributed by atoms with van der Waals surface area (Å²) in [5.41, 5.74) is 0.986. The smallest absolute Gasteiger partial charge is 0.231 e. The molecule has 1 amide bonds. The van der Waals surface area contributed by atoms with Gasteiger partial charge in [-0.15, -0.1) is 0 Å². The number of methoxy groups -OCH3 is 2. The third kappa shape index (κ3) is 4.75. The van der Waals surface area contributed by atoms with Crippen molar-refractivity contribution in [3.05, 3.63) is 59.4 Å². The Bertz CT molecular complexity index is 864. The highest BCUT2D eigenvalue weighted by molar-refractivity contribution is 5.89. The van der Waals surface area contributed by atoms with Crippen LogP contribution in [0.3, 0.4) is 0 Å². The number of carbonyl (C=O) groups excluding carboxylic acids is 1. The Hall–Kier alpha value is -2.60. The van der Waals surface area contributed by atoms with Crippen LogP contribution in [0.15, 0.2) is 42.5 Å². The summed E-state index contributed by atoms with van der Waals surface area (Å²) in [6.45, 7) is 2.85. The Morgan fingerprint density at radius 1 is 1.10 bits per heavy atom. The summed E-state index contributed by atoms with van der Waals surface area (Å²) < 4.78 is 30.0. The molecular formula is C24H30FNO4. The lowest BCUT2D eigenvalue weighted by Crippen LogP contribution is -2.43. The maximum atomic E-state index is 13.8. The number of rotatable bonds is 9. The Morgan fingerprint density at radius 2 is 1.87 bits per heavy atom. The van der Waals surface area contributed by atoms with Crippen LogP contribution >= 0.6 is 0 Å². The minimum atomic E-state index is -0.677. The quantitative estimate of drug-likeness (QED) is 0.611. The summed E-state index contributed by atoms with van der Waals surface area (Å²) in [4.78, 5) is 13.4. The van der Waals surface area contributed by atoms with E-state index in [1.165, 1.54) is 12.1 Å². The Balaban J connectivity index is 1.77. The number of hydrogen-bond donors (Lipinski definition) is 1. The van der Waals surface area contributed by atoms with Crippen LogP contribution in [0, 0.1) is 5.82 Å². The summed E-state index contributed by atoms with van der Waals surface area (Å²) in [6.07, 6.45) is 3.37. The number of benzene rings is 2. The van der Waals surface area contributed by atoms with Gasteiger partial charge in [0.25, 0.3) is 0 Å². The zero-order chi connectivity index (χ0) is 21.6. The van der Waals surface area contributed by atoms with Crippen LogP contribution in [0.25, 0.3) is 0 Å². The molecule has 6 heteroatoms. The standard InChI is InChI=1S/C24H30FNO4/c1-17(18-9-10-21(22(15-18)29-3)30-14-13-28-2)26-23(27)24(11-4-5-12-24)19-7-6-8-20(25)16-19/h6-10,15-17H,4-5,11-14H2,1-3H3,(H,26,27). The second kappa shape index (κ2) is 9.94. The highest BCUT2D eigenvalue weighted by Crippen LogP contribution is 2.42. The molecule has 1 saturated carbocycles. The molecule has 30 heavy (non-hydrogen) atoms. The minimum Gasteiger partial charge on any atom is -0.493 e. The van der Waals surface area contributed by atoms with E-state index in [2.05, 4.69) is 5.32 Å². The molecule has 0 radical (unpaired) electrons. The molecule has 5 nitrogen and oxygen atoms in total. The van der Waals surface area contributed by atoms with Gasteiger partial charge in [0.1, 0.15) is 12.4 Å². The van der Waals surface area contributed by atoms with Crippen molar-refractivity contribution in [3.8, 4) is 11.5 Å². The van der Waals surface area contributed by atoms with Crippen LogP contribution in [0.1, 0.15) is 49.8 Å². The topological polar surface area (TPSA) is 56.8 Å². The second-order valence-corrected chi connectivity index (χ2v) is 7.75. The number of ether oxygens (including phenoxy) is 3. The first-order valence-electron chi connectivity index (χ1n) is 10.4. The first-order chi connectivity index (χ1) is 14.5. The fraction of sp³-hybridized carbons (Fsp3) is 0.458. The van der Waals surface area contributed by atoms with Crippen LogP contribution in [0.5, 0.6) is 11.5 Å². The van der Waals surface area contributed by atoms with E-state index in [-0.39, 0.29) is 17.8 Å². The van der Waals surface area contributed by atoms with E-state index in [0.717, 1.165) is 36.8 Å². The molecule has 1 fully saturated rings. The normalized spacial score (nSPS) is 16.1. The molecule has 2 aromatic rings. The highest BCUT2D eigenvalue weighted by atomic mass is 19.1. The number of amides is 1. The largest absolute Gasteiger partial charge is 0.493 e. The van der Waals surface area contributed by atoms with E-state index >= 15 is 0 Å². The van der Waals surface area contributed by atoms with Crippen LogP contribution in [-0.4, -0.2) is 33.3 Å². The molecule has 1 atom stereocenters. The summed E-state index contributed by atoms with van der Waals surface area (Å²) in [5, 5.41) is 3.14. The van der Waals surface area contributed by atoms with Crippen molar-refractivity contribution >= 4 is 5.91 Å². The SMILES string of the molecule is COCCOc1ccc(C(C)NC(=O)C2(c3cccc(F)c3)CCCC2)cc1OC. The fourth-order valence-electron chi connectivity index (χ4n) is 4.14. The van der Waals surface area contributed by atoms with Crippen molar-refractivity contribution in [1.82, 2.24) is 5.32 Å². The van der Waals surface area contributed by atoms with Gasteiger partial charge < -0.3 is 19.5 Å². The van der Waals surface area contributed by atoms with Crippen molar-refractivity contribution in [2.24, 2.45) is 0 Å². The summed E-state index contributed by atoms with van der Waals surface area (Å²) in [5.74, 6) is 0.861. The van der Waals surface area contributed by atoms with E-state index in [9.17, 15) is 9.18 Å². The molecule has 0 saturated heterocycles. The molecule has 0 aromatic heterocycles. The average Bonchev–Trinajstić information content (AvgIpc) is 3.25. The molecule has 162 valence electrons. The number of nitrogens with one attached hydrogen (secondary N) is 1. The van der Waals surface area contributed by atoms with Gasteiger partial charge in [0, 0.05) is 7.11 Å². The molecule has 0 aliphatic heterocycles. The lowest BCUT2D eigenvalue weighted by molar-refractivity contribution is -0.127. The van der Waals surface area contributed by atoms with Gasteiger partial charge in [-0.3, -0.25) is 4.79 Å². The van der Waals surface area contributed by atoms with Gasteiger partial charge in [-0.05, 0) is 55.2 Å². The van der Waals surface area contributed by atoms with E-state index in [1.807, 2.05) is 31.2 Å². The summed E-state index contributed by atoms with van der Waals surface area (Å²) in [6, 6.07) is 11.8. The molecule has 1 N–H and O–H groups in total. The van der Waals surface area contributed by atoms with Gasteiger partial charge in [0.2, 0.25) is 5.91 Å². The molecule has 0 bridgehead atoms. The van der Waals surface area contributed by atoms with E-state index in [0.29, 0.717) is 24.7 Å². The third-order valence-corrected chi connectivity index (χ3v) is 5.85. The van der Waals surface area contributed by atoms with Crippen LogP contribution < -0.4 is 14.8 Å². The van der Waals surface area contributed by atoms with Crippen LogP contribution in [0.2, 0.25) is 0 Å². The number of halogens is 1. The second-order valence-electron chi connectivity index (χ2n) is 7.75. The molecule has 1 aliphatic carbocycles. The maximum absolute atomic E-state index is 13.8. The predicted molar refractivity (Wildman–Crippen MR) is 113 cm³/mol. The van der Waals surface area contributed by atoms with Gasteiger partial charge in [-0.25, -0.2) is 4.39 Å². The van der Waals surface area contributed by atoms with Gasteiger partial charge in [-0.1, -0.05) is 31.0 Å². The zero-order valence-electron chi connectivity index (χ0n) is 17.9. The van der Waals surface area contributed by atoms with Crippen molar-refractivity contribution in [1.29, 1.82) is 0 Å². The van der Waals surface area contributed by atoms with Gasteiger partial charge in [0.05, 0.1) is 25.2 Å². The van der Waals surface area contributed by atoms with E-state index in [4.69, 9.17) is 14.2 Å². The van der Waals surface area contributed by atoms with Crippen molar-refractivity contribution in [2.75, 3.05) is 27.4 Å². The highest BCUT2D eigenvalue weighted by Gasteiger charge is 2.43. The van der Waals surface area contributed by atoms with Crippen LogP contribution in [0.4, 0.5) is 4.39 Å². The number of carbonyl (C=O) groups is 1. The predicted octanol–water partition coefficient (Wildman–Crippen LogP) is 4.55. The van der Waals surface area contributed by atoms with E-state index < -0.39 is 5.41 Å². The maximum Gasteiger partial charge on any atom is 0.231 e. The zero-order valence-corrected chi connectivity index (χ0v) is 17.9. The van der Waals surface area contributed by atoms with Crippen LogP contribution in [-0.2, 0) is 14.9 Å². The molecule has 2 aromatic carbocycles. The summed E-state index contributed by atoms with van der Waals surface area (Å²) >= 11 is 0. The van der Waals surface area contributed by atoms with Crippen molar-refractivity contribution in [3.63, 3.8) is 0 Å². The van der Waals surface area contributed by atoms with Crippen molar-refractivity contribution in [2.45, 2.75) is 44.1 Å². The van der Waals surface area contributed by atoms with Gasteiger partial charge in [-0.2, -0.15) is 0 Å². The molecule has 1 aliphatic rings.